The summed E-state index contributed by atoms with van der Waals surface area (Å²) in [5, 5.41) is 14.8. The van der Waals surface area contributed by atoms with Gasteiger partial charge >= 0.3 is 6.03 Å². The maximum Gasteiger partial charge on any atom is 0.323 e. The number of amides is 2. The number of likely N-dealkylation sites (tertiary alicyclic amines) is 1. The highest BCUT2D eigenvalue weighted by Crippen LogP contribution is 2.40. The lowest BCUT2D eigenvalue weighted by atomic mass is 9.81. The second kappa shape index (κ2) is 12.7. The normalized spacial score (nSPS) is 20.9. The van der Waals surface area contributed by atoms with Crippen molar-refractivity contribution in [2.75, 3.05) is 11.9 Å². The first-order valence-corrected chi connectivity index (χ1v) is 15.5. The first-order valence-electron chi connectivity index (χ1n) is 15.1. The number of Topliss-reactive ketones (excluding diaryl/α,β-unsaturated/α-hetero) is 1. The summed E-state index contributed by atoms with van der Waals surface area (Å²) in [5.41, 5.74) is 6.70. The highest BCUT2D eigenvalue weighted by atomic mass is 35.5. The predicted molar refractivity (Wildman–Crippen MR) is 170 cm³/mol. The highest BCUT2D eigenvalue weighted by molar-refractivity contribution is 6.30. The zero-order valence-electron chi connectivity index (χ0n) is 24.7. The molecule has 45 heavy (non-hydrogen) atoms. The zero-order chi connectivity index (χ0) is 31.6. The Morgan fingerprint density at radius 3 is 2.53 bits per heavy atom. The standard InChI is InChI=1S/C35H35ClFN5O3/c36-27-12-14-32(40-21-27)41-33(44)42-22-34(45,25-6-2-1-3-7-25)20-29(42)30(43)19-24-18-26(11-13-28(24)37)35(38,16-15-23-9-10-23)31-8-4-5-17-39-31/h1-8,11-14,17-18,21,23,29,45H,9-10,15-16,19-20,22,38H2,(H,40,41,44)/t29-,34-,35?/m1/s1. The van der Waals surface area contributed by atoms with Crippen LogP contribution in [0.25, 0.3) is 0 Å². The number of aromatic nitrogens is 2. The number of β-amino-alcohol motifs (C(OH)–C–C–N with tert-alkyl or cyclic N) is 1. The third-order valence-corrected chi connectivity index (χ3v) is 9.16. The van der Waals surface area contributed by atoms with Gasteiger partial charge in [0.15, 0.2) is 5.78 Å². The molecule has 1 saturated heterocycles. The van der Waals surface area contributed by atoms with Crippen LogP contribution in [0, 0.1) is 11.7 Å². The fourth-order valence-corrected chi connectivity index (χ4v) is 6.27. The minimum Gasteiger partial charge on any atom is -0.383 e. The summed E-state index contributed by atoms with van der Waals surface area (Å²) in [7, 11) is 0. The summed E-state index contributed by atoms with van der Waals surface area (Å²) >= 11 is 5.94. The Morgan fingerprint density at radius 2 is 1.84 bits per heavy atom. The Labute approximate surface area is 266 Å². The van der Waals surface area contributed by atoms with Crippen molar-refractivity contribution in [3.63, 3.8) is 0 Å². The molecule has 2 fully saturated rings. The van der Waals surface area contributed by atoms with Crippen LogP contribution in [0.15, 0.2) is 91.3 Å². The van der Waals surface area contributed by atoms with E-state index < -0.39 is 34.8 Å². The van der Waals surface area contributed by atoms with Gasteiger partial charge in [0.1, 0.15) is 17.2 Å². The molecule has 2 amide bonds. The van der Waals surface area contributed by atoms with Crippen LogP contribution in [0.1, 0.15) is 54.5 Å². The Kier molecular flexibility index (Phi) is 8.68. The molecule has 0 bridgehead atoms. The molecule has 2 aliphatic rings. The van der Waals surface area contributed by atoms with E-state index in [0.717, 1.165) is 6.42 Å². The number of pyridine rings is 2. The van der Waals surface area contributed by atoms with E-state index in [1.165, 1.54) is 30.0 Å². The number of halogens is 2. The maximum atomic E-state index is 15.4. The van der Waals surface area contributed by atoms with Crippen molar-refractivity contribution in [3.8, 4) is 0 Å². The van der Waals surface area contributed by atoms with Crippen LogP contribution >= 0.6 is 11.6 Å². The van der Waals surface area contributed by atoms with E-state index in [2.05, 4.69) is 15.3 Å². The number of anilines is 1. The number of benzene rings is 2. The molecule has 1 aliphatic carbocycles. The number of hydrogen-bond acceptors (Lipinski definition) is 6. The molecule has 1 saturated carbocycles. The van der Waals surface area contributed by atoms with Crippen LogP contribution in [-0.2, 0) is 22.4 Å². The molecule has 4 aromatic rings. The number of ketones is 1. The number of carbonyl (C=O) groups is 2. The summed E-state index contributed by atoms with van der Waals surface area (Å²) in [6.45, 7) is -0.137. The second-order valence-electron chi connectivity index (χ2n) is 12.2. The summed E-state index contributed by atoms with van der Waals surface area (Å²) in [4.78, 5) is 37.4. The molecular formula is C35H35ClFN5O3. The van der Waals surface area contributed by atoms with E-state index in [1.54, 1.807) is 54.7 Å². The lowest BCUT2D eigenvalue weighted by Gasteiger charge is -2.30. The molecular weight excluding hydrogens is 593 g/mol. The highest BCUT2D eigenvalue weighted by Gasteiger charge is 2.48. The van der Waals surface area contributed by atoms with Gasteiger partial charge in [-0.1, -0.05) is 73.0 Å². The average molecular weight is 628 g/mol. The van der Waals surface area contributed by atoms with Crippen molar-refractivity contribution < 1.29 is 19.1 Å². The molecule has 1 unspecified atom stereocenters. The molecule has 4 N–H and O–H groups in total. The van der Waals surface area contributed by atoms with Crippen molar-refractivity contribution in [3.05, 3.63) is 124 Å². The van der Waals surface area contributed by atoms with E-state index in [0.29, 0.717) is 34.2 Å². The Balaban J connectivity index is 1.29. The summed E-state index contributed by atoms with van der Waals surface area (Å²) in [5.74, 6) is -0.0838. The van der Waals surface area contributed by atoms with Gasteiger partial charge in [-0.25, -0.2) is 14.2 Å². The van der Waals surface area contributed by atoms with Crippen LogP contribution in [0.2, 0.25) is 5.02 Å². The summed E-state index contributed by atoms with van der Waals surface area (Å²) < 4.78 is 15.4. The van der Waals surface area contributed by atoms with E-state index in [1.807, 2.05) is 24.3 Å². The molecule has 0 radical (unpaired) electrons. The van der Waals surface area contributed by atoms with Crippen LogP contribution in [0.4, 0.5) is 15.0 Å². The van der Waals surface area contributed by atoms with Crippen molar-refractivity contribution in [1.29, 1.82) is 0 Å². The minimum atomic E-state index is -1.49. The lowest BCUT2D eigenvalue weighted by molar-refractivity contribution is -0.122. The third-order valence-electron chi connectivity index (χ3n) is 8.94. The van der Waals surface area contributed by atoms with Crippen molar-refractivity contribution >= 4 is 29.2 Å². The lowest BCUT2D eigenvalue weighted by Crippen LogP contribution is -2.44. The van der Waals surface area contributed by atoms with E-state index in [9.17, 15) is 14.7 Å². The molecule has 6 rings (SSSR count). The Bertz CT molecular complexity index is 1670. The number of rotatable bonds is 10. The van der Waals surface area contributed by atoms with E-state index >= 15 is 4.39 Å². The topological polar surface area (TPSA) is 121 Å². The van der Waals surface area contributed by atoms with Gasteiger partial charge in [-0.15, -0.1) is 0 Å². The van der Waals surface area contributed by atoms with Crippen LogP contribution in [0.3, 0.4) is 0 Å². The van der Waals surface area contributed by atoms with Crippen molar-refractivity contribution in [1.82, 2.24) is 14.9 Å². The van der Waals surface area contributed by atoms with Crippen LogP contribution < -0.4 is 11.1 Å². The average Bonchev–Trinajstić information content (AvgIpc) is 3.82. The molecule has 8 nitrogen and oxygen atoms in total. The zero-order valence-corrected chi connectivity index (χ0v) is 25.5. The number of nitrogens with two attached hydrogens (primary N) is 1. The third kappa shape index (κ3) is 6.76. The van der Waals surface area contributed by atoms with Gasteiger partial charge in [-0.05, 0) is 65.8 Å². The molecule has 2 aromatic heterocycles. The number of urea groups is 1. The molecule has 10 heteroatoms. The van der Waals surface area contributed by atoms with Gasteiger partial charge in [0, 0.05) is 25.2 Å². The van der Waals surface area contributed by atoms with Crippen molar-refractivity contribution in [2.45, 2.75) is 55.7 Å². The summed E-state index contributed by atoms with van der Waals surface area (Å²) in [6, 6.07) is 20.6. The van der Waals surface area contributed by atoms with Gasteiger partial charge in [-0.3, -0.25) is 15.1 Å². The number of carbonyl (C=O) groups excluding carboxylic acids is 2. The van der Waals surface area contributed by atoms with Gasteiger partial charge in [0.2, 0.25) is 0 Å². The fraction of sp³-hybridized carbons (Fsp3) is 0.314. The number of aliphatic hydroxyl groups is 1. The Hall–Kier alpha value is -4.18. The van der Waals surface area contributed by atoms with E-state index in [-0.39, 0.29) is 30.8 Å². The molecule has 3 heterocycles. The fourth-order valence-electron chi connectivity index (χ4n) is 6.15. The molecule has 232 valence electrons. The molecule has 3 atom stereocenters. The molecule has 1 aliphatic heterocycles. The van der Waals surface area contributed by atoms with Crippen molar-refractivity contribution in [2.24, 2.45) is 11.7 Å². The number of nitrogens with zero attached hydrogens (tertiary/aromatic N) is 3. The largest absolute Gasteiger partial charge is 0.383 e. The number of nitrogens with one attached hydrogen (secondary N) is 1. The van der Waals surface area contributed by atoms with Gasteiger partial charge in [0.05, 0.1) is 28.8 Å². The quantitative estimate of drug-likeness (QED) is 0.199. The predicted octanol–water partition coefficient (Wildman–Crippen LogP) is 5.97. The van der Waals surface area contributed by atoms with Gasteiger partial charge in [-0.2, -0.15) is 0 Å². The maximum absolute atomic E-state index is 15.4. The molecule has 0 spiro atoms. The SMILES string of the molecule is NC(CCC1CC1)(c1ccc(F)c(CC(=O)[C@H]2C[C@](O)(c3ccccc3)CN2C(=O)Nc2ccc(Cl)cn2)c1)c1ccccn1. The van der Waals surface area contributed by atoms with Crippen LogP contribution in [0.5, 0.6) is 0 Å². The van der Waals surface area contributed by atoms with Crippen LogP contribution in [-0.4, -0.2) is 44.4 Å². The minimum absolute atomic E-state index is 0.0469. The molecule has 2 aromatic carbocycles. The van der Waals surface area contributed by atoms with Gasteiger partial charge in [0.25, 0.3) is 0 Å². The summed E-state index contributed by atoms with van der Waals surface area (Å²) in [6.07, 6.45) is 6.65. The van der Waals surface area contributed by atoms with Gasteiger partial charge < -0.3 is 15.7 Å². The monoisotopic (exact) mass is 627 g/mol. The first-order chi connectivity index (χ1) is 21.6. The Morgan fingerprint density at radius 1 is 1.07 bits per heavy atom. The second-order valence-corrected chi connectivity index (χ2v) is 12.6. The van der Waals surface area contributed by atoms with E-state index in [4.69, 9.17) is 17.3 Å². The number of hydrogen-bond donors (Lipinski definition) is 3. The first kappa shape index (κ1) is 30.8. The smallest absolute Gasteiger partial charge is 0.323 e.